The Hall–Kier alpha value is -1.36. The van der Waals surface area contributed by atoms with Crippen molar-refractivity contribution in [1.82, 2.24) is 5.32 Å². The molecule has 2 amide bonds. The quantitative estimate of drug-likeness (QED) is 0.890. The van der Waals surface area contributed by atoms with Gasteiger partial charge in [0.25, 0.3) is 5.91 Å². The lowest BCUT2D eigenvalue weighted by atomic mass is 9.69. The van der Waals surface area contributed by atoms with E-state index in [0.717, 1.165) is 29.7 Å². The molecule has 0 saturated heterocycles. The van der Waals surface area contributed by atoms with E-state index in [1.807, 2.05) is 0 Å². The normalized spacial score (nSPS) is 27.8. The number of hydrogen-bond donors (Lipinski definition) is 2. The van der Waals surface area contributed by atoms with Crippen LogP contribution in [-0.2, 0) is 4.79 Å². The number of carbonyl (C=O) groups excluding carboxylic acids is 2. The maximum absolute atomic E-state index is 12.4. The minimum Gasteiger partial charge on any atom is -0.349 e. The van der Waals surface area contributed by atoms with E-state index in [9.17, 15) is 9.59 Å². The van der Waals surface area contributed by atoms with E-state index < -0.39 is 0 Å². The molecule has 2 saturated carbocycles. The molecule has 4 nitrogen and oxygen atoms in total. The molecule has 1 heterocycles. The Morgan fingerprint density at radius 1 is 1.09 bits per heavy atom. The summed E-state index contributed by atoms with van der Waals surface area (Å²) in [6, 6.07) is 3.90. The lowest BCUT2D eigenvalue weighted by molar-refractivity contribution is -0.114. The van der Waals surface area contributed by atoms with Crippen molar-refractivity contribution >= 4 is 28.2 Å². The number of anilines is 1. The summed E-state index contributed by atoms with van der Waals surface area (Å²) in [4.78, 5) is 24.1. The molecule has 2 aliphatic rings. The SMILES string of the molecule is CC(=O)Nc1ccc(C(=O)NC2CCC3CCCCC3C2)s1. The van der Waals surface area contributed by atoms with Gasteiger partial charge in [-0.25, -0.2) is 0 Å². The fraction of sp³-hybridized carbons (Fsp3) is 0.647. The predicted molar refractivity (Wildman–Crippen MR) is 89.2 cm³/mol. The Kier molecular flexibility index (Phi) is 4.81. The molecule has 0 bridgehead atoms. The van der Waals surface area contributed by atoms with E-state index in [0.29, 0.717) is 10.9 Å². The molecule has 0 spiro atoms. The van der Waals surface area contributed by atoms with Gasteiger partial charge >= 0.3 is 0 Å². The predicted octanol–water partition coefficient (Wildman–Crippen LogP) is 3.80. The van der Waals surface area contributed by atoms with Gasteiger partial charge in [-0.15, -0.1) is 11.3 Å². The first-order valence-corrected chi connectivity index (χ1v) is 9.12. The smallest absolute Gasteiger partial charge is 0.261 e. The zero-order valence-electron chi connectivity index (χ0n) is 13.1. The Balaban J connectivity index is 1.55. The summed E-state index contributed by atoms with van der Waals surface area (Å²) >= 11 is 1.34. The van der Waals surface area contributed by atoms with Crippen molar-refractivity contribution in [2.45, 2.75) is 57.9 Å². The number of fused-ring (bicyclic) bond motifs is 1. The van der Waals surface area contributed by atoms with Crippen LogP contribution >= 0.6 is 11.3 Å². The van der Waals surface area contributed by atoms with Crippen molar-refractivity contribution in [2.75, 3.05) is 5.32 Å². The fourth-order valence-electron chi connectivity index (χ4n) is 3.96. The number of thiophene rings is 1. The van der Waals surface area contributed by atoms with Crippen molar-refractivity contribution in [2.24, 2.45) is 11.8 Å². The van der Waals surface area contributed by atoms with Gasteiger partial charge in [-0.05, 0) is 43.2 Å². The Bertz CT molecular complexity index is 555. The molecule has 22 heavy (non-hydrogen) atoms. The first kappa shape index (κ1) is 15.5. The van der Waals surface area contributed by atoms with Crippen LogP contribution in [0.2, 0.25) is 0 Å². The summed E-state index contributed by atoms with van der Waals surface area (Å²) in [7, 11) is 0. The molecule has 0 radical (unpaired) electrons. The molecule has 2 aliphatic carbocycles. The van der Waals surface area contributed by atoms with E-state index in [2.05, 4.69) is 10.6 Å². The van der Waals surface area contributed by atoms with E-state index in [4.69, 9.17) is 0 Å². The first-order valence-electron chi connectivity index (χ1n) is 8.30. The monoisotopic (exact) mass is 320 g/mol. The lowest BCUT2D eigenvalue weighted by Crippen LogP contribution is -2.41. The summed E-state index contributed by atoms with van der Waals surface area (Å²) in [6.07, 6.45) is 8.97. The second kappa shape index (κ2) is 6.82. The highest BCUT2D eigenvalue weighted by atomic mass is 32.1. The van der Waals surface area contributed by atoms with E-state index in [1.54, 1.807) is 12.1 Å². The zero-order chi connectivity index (χ0) is 15.5. The van der Waals surface area contributed by atoms with Gasteiger partial charge in [0.1, 0.15) is 0 Å². The molecular formula is C17H24N2O2S. The van der Waals surface area contributed by atoms with E-state index >= 15 is 0 Å². The van der Waals surface area contributed by atoms with Crippen LogP contribution in [-0.4, -0.2) is 17.9 Å². The minimum atomic E-state index is -0.107. The van der Waals surface area contributed by atoms with Crippen molar-refractivity contribution in [3.63, 3.8) is 0 Å². The molecule has 3 unspecified atom stereocenters. The van der Waals surface area contributed by atoms with E-state index in [-0.39, 0.29) is 11.8 Å². The van der Waals surface area contributed by atoms with Crippen molar-refractivity contribution in [3.05, 3.63) is 17.0 Å². The van der Waals surface area contributed by atoms with Crippen LogP contribution < -0.4 is 10.6 Å². The average molecular weight is 320 g/mol. The van der Waals surface area contributed by atoms with Crippen LogP contribution in [0.1, 0.15) is 61.5 Å². The zero-order valence-corrected chi connectivity index (χ0v) is 13.9. The second-order valence-electron chi connectivity index (χ2n) is 6.63. The third kappa shape index (κ3) is 3.69. The molecule has 1 aromatic rings. The van der Waals surface area contributed by atoms with Crippen LogP contribution in [0.5, 0.6) is 0 Å². The van der Waals surface area contributed by atoms with Crippen LogP contribution in [0.3, 0.4) is 0 Å². The molecular weight excluding hydrogens is 296 g/mol. The second-order valence-corrected chi connectivity index (χ2v) is 7.72. The van der Waals surface area contributed by atoms with Gasteiger partial charge in [0.2, 0.25) is 5.91 Å². The molecule has 2 fully saturated rings. The van der Waals surface area contributed by atoms with Gasteiger partial charge in [0.15, 0.2) is 0 Å². The van der Waals surface area contributed by atoms with Gasteiger partial charge in [-0.2, -0.15) is 0 Å². The summed E-state index contributed by atoms with van der Waals surface area (Å²) < 4.78 is 0. The average Bonchev–Trinajstić information content (AvgIpc) is 2.95. The topological polar surface area (TPSA) is 58.2 Å². The van der Waals surface area contributed by atoms with Crippen molar-refractivity contribution in [1.29, 1.82) is 0 Å². The highest BCUT2D eigenvalue weighted by Gasteiger charge is 2.32. The molecule has 3 rings (SSSR count). The fourth-order valence-corrected chi connectivity index (χ4v) is 4.82. The first-order chi connectivity index (χ1) is 10.6. The number of rotatable bonds is 3. The summed E-state index contributed by atoms with van der Waals surface area (Å²) in [5, 5.41) is 6.64. The lowest BCUT2D eigenvalue weighted by Gasteiger charge is -2.39. The molecule has 0 aromatic carbocycles. The standard InChI is InChI=1S/C17H24N2O2S/c1-11(20)18-16-9-8-15(22-16)17(21)19-14-7-6-12-4-2-3-5-13(12)10-14/h8-9,12-14H,2-7,10H2,1H3,(H,18,20)(H,19,21). The maximum atomic E-state index is 12.4. The van der Waals surface area contributed by atoms with Crippen molar-refractivity contribution < 1.29 is 9.59 Å². The molecule has 1 aromatic heterocycles. The summed E-state index contributed by atoms with van der Waals surface area (Å²) in [6.45, 7) is 1.47. The number of carbonyl (C=O) groups is 2. The third-order valence-corrected chi connectivity index (χ3v) is 6.00. The van der Waals surface area contributed by atoms with Gasteiger partial charge < -0.3 is 10.6 Å². The number of nitrogens with one attached hydrogen (secondary N) is 2. The van der Waals surface area contributed by atoms with Gasteiger partial charge in [0.05, 0.1) is 9.88 Å². The minimum absolute atomic E-state index is 0.000798. The number of hydrogen-bond acceptors (Lipinski definition) is 3. The van der Waals surface area contributed by atoms with Crippen LogP contribution in [0.15, 0.2) is 12.1 Å². The Morgan fingerprint density at radius 3 is 2.64 bits per heavy atom. The highest BCUT2D eigenvalue weighted by Crippen LogP contribution is 2.40. The van der Waals surface area contributed by atoms with Gasteiger partial charge in [-0.3, -0.25) is 9.59 Å². The van der Waals surface area contributed by atoms with Gasteiger partial charge in [-0.1, -0.05) is 25.7 Å². The third-order valence-electron chi connectivity index (χ3n) is 5.00. The highest BCUT2D eigenvalue weighted by molar-refractivity contribution is 7.18. The van der Waals surface area contributed by atoms with E-state index in [1.165, 1.54) is 50.4 Å². The van der Waals surface area contributed by atoms with Crippen molar-refractivity contribution in [3.8, 4) is 0 Å². The summed E-state index contributed by atoms with van der Waals surface area (Å²) in [5.41, 5.74) is 0. The Morgan fingerprint density at radius 2 is 1.86 bits per heavy atom. The van der Waals surface area contributed by atoms with Crippen LogP contribution in [0, 0.1) is 11.8 Å². The molecule has 0 aliphatic heterocycles. The van der Waals surface area contributed by atoms with Gasteiger partial charge in [0, 0.05) is 13.0 Å². The van der Waals surface area contributed by atoms with Crippen LogP contribution in [0.25, 0.3) is 0 Å². The number of amides is 2. The molecule has 2 N–H and O–H groups in total. The largest absolute Gasteiger partial charge is 0.349 e. The van der Waals surface area contributed by atoms with Crippen LogP contribution in [0.4, 0.5) is 5.00 Å². The Labute approximate surface area is 135 Å². The molecule has 120 valence electrons. The molecule has 3 atom stereocenters. The molecule has 5 heteroatoms. The summed E-state index contributed by atoms with van der Waals surface area (Å²) in [5.74, 6) is 1.60. The maximum Gasteiger partial charge on any atom is 0.261 e.